The molecule has 2 N–H and O–H groups in total. The molecule has 152 valence electrons. The Morgan fingerprint density at radius 2 is 1.93 bits per heavy atom. The number of ether oxygens (including phenoxy) is 1. The third-order valence-corrected chi connectivity index (χ3v) is 5.56. The van der Waals surface area contributed by atoms with Crippen molar-refractivity contribution in [3.8, 4) is 11.4 Å². The van der Waals surface area contributed by atoms with Crippen LogP contribution < -0.4 is 10.9 Å². The van der Waals surface area contributed by atoms with Crippen molar-refractivity contribution in [1.82, 2.24) is 15.3 Å². The lowest BCUT2D eigenvalue weighted by Gasteiger charge is -2.06. The summed E-state index contributed by atoms with van der Waals surface area (Å²) >= 11 is 1.51. The number of hydrogen-bond donors (Lipinski definition) is 2. The molecule has 29 heavy (non-hydrogen) atoms. The number of aromatic amines is 1. The van der Waals surface area contributed by atoms with Crippen molar-refractivity contribution in [3.05, 3.63) is 50.6 Å². The Bertz CT molecular complexity index is 1100. The third-order valence-electron chi connectivity index (χ3n) is 4.52. The predicted molar refractivity (Wildman–Crippen MR) is 113 cm³/mol. The molecule has 0 fully saturated rings. The first kappa shape index (κ1) is 20.7. The van der Waals surface area contributed by atoms with E-state index < -0.39 is 5.97 Å². The number of aryl methyl sites for hydroxylation is 2. The quantitative estimate of drug-likeness (QED) is 0.579. The number of amides is 1. The maximum absolute atomic E-state index is 12.6. The van der Waals surface area contributed by atoms with Crippen LogP contribution in [0.1, 0.15) is 41.1 Å². The minimum absolute atomic E-state index is 0.159. The number of esters is 1. The Balaban J connectivity index is 1.77. The highest BCUT2D eigenvalue weighted by Gasteiger charge is 2.15. The highest BCUT2D eigenvalue weighted by Crippen LogP contribution is 2.28. The number of thiophene rings is 1. The van der Waals surface area contributed by atoms with E-state index in [9.17, 15) is 14.4 Å². The molecule has 1 aromatic carbocycles. The van der Waals surface area contributed by atoms with Crippen LogP contribution >= 0.6 is 11.3 Å². The normalized spacial score (nSPS) is 10.9. The lowest BCUT2D eigenvalue weighted by molar-refractivity contribution is -0.124. The van der Waals surface area contributed by atoms with Gasteiger partial charge in [-0.25, -0.2) is 9.78 Å². The number of nitrogens with zero attached hydrogens (tertiary/aromatic N) is 1. The number of benzene rings is 1. The first-order chi connectivity index (χ1) is 13.9. The van der Waals surface area contributed by atoms with Gasteiger partial charge in [-0.3, -0.25) is 9.59 Å². The number of hydrogen-bond acceptors (Lipinski definition) is 6. The van der Waals surface area contributed by atoms with E-state index in [1.54, 1.807) is 24.3 Å². The molecular weight excluding hydrogens is 390 g/mol. The Morgan fingerprint density at radius 1 is 1.21 bits per heavy atom. The Hall–Kier alpha value is -3.00. The average Bonchev–Trinajstić information content (AvgIpc) is 3.05. The summed E-state index contributed by atoms with van der Waals surface area (Å²) in [4.78, 5) is 45.4. The van der Waals surface area contributed by atoms with Gasteiger partial charge in [-0.2, -0.15) is 0 Å². The minimum atomic E-state index is -0.582. The fourth-order valence-electron chi connectivity index (χ4n) is 3.03. The molecule has 3 aromatic rings. The first-order valence-corrected chi connectivity index (χ1v) is 10.3. The van der Waals surface area contributed by atoms with Gasteiger partial charge in [0.05, 0.1) is 10.9 Å². The molecule has 1 amide bonds. The van der Waals surface area contributed by atoms with E-state index in [0.29, 0.717) is 33.7 Å². The lowest BCUT2D eigenvalue weighted by atomic mass is 10.1. The molecule has 7 nitrogen and oxygen atoms in total. The van der Waals surface area contributed by atoms with Gasteiger partial charge in [0.1, 0.15) is 10.7 Å². The second-order valence-corrected chi connectivity index (χ2v) is 7.79. The number of fused-ring (bicyclic) bond motifs is 1. The average molecular weight is 413 g/mol. The number of carbonyl (C=O) groups is 2. The molecule has 0 spiro atoms. The number of aromatic nitrogens is 2. The molecule has 0 saturated heterocycles. The topological polar surface area (TPSA) is 101 Å². The molecular formula is C21H23N3O4S. The van der Waals surface area contributed by atoms with Crippen LogP contribution in [0.4, 0.5) is 0 Å². The van der Waals surface area contributed by atoms with Gasteiger partial charge in [0.2, 0.25) is 0 Å². The number of rotatable bonds is 7. The van der Waals surface area contributed by atoms with Crippen molar-refractivity contribution in [2.45, 2.75) is 33.6 Å². The van der Waals surface area contributed by atoms with E-state index in [0.717, 1.165) is 23.3 Å². The summed E-state index contributed by atoms with van der Waals surface area (Å²) in [6.07, 6.45) is 1.59. The van der Waals surface area contributed by atoms with Crippen LogP contribution in [0.2, 0.25) is 0 Å². The fraction of sp³-hybridized carbons (Fsp3) is 0.333. The molecule has 0 aliphatic carbocycles. The van der Waals surface area contributed by atoms with Gasteiger partial charge in [-0.1, -0.05) is 26.0 Å². The molecule has 0 unspecified atom stereocenters. The Morgan fingerprint density at radius 3 is 2.59 bits per heavy atom. The molecule has 3 rings (SSSR count). The maximum Gasteiger partial charge on any atom is 0.338 e. The molecule has 0 radical (unpaired) electrons. The van der Waals surface area contributed by atoms with Crippen molar-refractivity contribution in [3.63, 3.8) is 0 Å². The van der Waals surface area contributed by atoms with Gasteiger partial charge < -0.3 is 15.0 Å². The van der Waals surface area contributed by atoms with E-state index in [1.807, 2.05) is 20.8 Å². The second kappa shape index (κ2) is 9.00. The van der Waals surface area contributed by atoms with Gasteiger partial charge in [-0.05, 0) is 37.5 Å². The summed E-state index contributed by atoms with van der Waals surface area (Å²) in [7, 11) is 0. The zero-order valence-corrected chi connectivity index (χ0v) is 17.4. The molecule has 0 aliphatic heterocycles. The zero-order valence-electron chi connectivity index (χ0n) is 16.6. The monoisotopic (exact) mass is 413 g/mol. The summed E-state index contributed by atoms with van der Waals surface area (Å²) in [5, 5.41) is 3.30. The van der Waals surface area contributed by atoms with Gasteiger partial charge in [-0.15, -0.1) is 11.3 Å². The SMILES string of the molecule is CCCNC(=O)COC(=O)c1ccc(-c2nc3sc(C)c(CC)c3c(=O)[nH]2)cc1. The molecule has 0 saturated carbocycles. The smallest absolute Gasteiger partial charge is 0.338 e. The van der Waals surface area contributed by atoms with E-state index in [1.165, 1.54) is 11.3 Å². The summed E-state index contributed by atoms with van der Waals surface area (Å²) in [6, 6.07) is 6.56. The zero-order chi connectivity index (χ0) is 21.0. The van der Waals surface area contributed by atoms with Crippen LogP contribution in [0, 0.1) is 6.92 Å². The molecule has 2 aromatic heterocycles. The molecule has 2 heterocycles. The first-order valence-electron chi connectivity index (χ1n) is 9.51. The van der Waals surface area contributed by atoms with Crippen LogP contribution in [0.15, 0.2) is 29.1 Å². The molecule has 0 bridgehead atoms. The van der Waals surface area contributed by atoms with Crippen LogP contribution in [0.5, 0.6) is 0 Å². The summed E-state index contributed by atoms with van der Waals surface area (Å²) in [6.45, 7) is 6.18. The Kier molecular flexibility index (Phi) is 6.43. The van der Waals surface area contributed by atoms with Crippen LogP contribution in [-0.2, 0) is 16.0 Å². The van der Waals surface area contributed by atoms with Crippen molar-refractivity contribution < 1.29 is 14.3 Å². The van der Waals surface area contributed by atoms with E-state index in [2.05, 4.69) is 15.3 Å². The van der Waals surface area contributed by atoms with Crippen LogP contribution in [-0.4, -0.2) is 35.0 Å². The fourth-order valence-corrected chi connectivity index (χ4v) is 4.15. The largest absolute Gasteiger partial charge is 0.452 e. The minimum Gasteiger partial charge on any atom is -0.452 e. The van der Waals surface area contributed by atoms with Crippen molar-refractivity contribution in [1.29, 1.82) is 0 Å². The van der Waals surface area contributed by atoms with E-state index in [4.69, 9.17) is 4.74 Å². The van der Waals surface area contributed by atoms with Crippen molar-refractivity contribution in [2.24, 2.45) is 0 Å². The van der Waals surface area contributed by atoms with Gasteiger partial charge in [0.15, 0.2) is 6.61 Å². The predicted octanol–water partition coefficient (Wildman–Crippen LogP) is 3.21. The van der Waals surface area contributed by atoms with Crippen molar-refractivity contribution >= 4 is 33.4 Å². The highest BCUT2D eigenvalue weighted by molar-refractivity contribution is 7.18. The standard InChI is InChI=1S/C21H23N3O4S/c1-4-10-22-16(25)11-28-21(27)14-8-6-13(7-9-14)18-23-19(26)17-15(5-2)12(3)29-20(17)24-18/h6-9H,4-5,10-11H2,1-3H3,(H,22,25)(H,23,24,26). The van der Waals surface area contributed by atoms with Crippen LogP contribution in [0.3, 0.4) is 0 Å². The van der Waals surface area contributed by atoms with Crippen LogP contribution in [0.25, 0.3) is 21.6 Å². The van der Waals surface area contributed by atoms with Gasteiger partial charge in [0, 0.05) is 17.0 Å². The van der Waals surface area contributed by atoms with Gasteiger partial charge in [0.25, 0.3) is 11.5 Å². The second-order valence-electron chi connectivity index (χ2n) is 6.59. The number of H-pyrrole nitrogens is 1. The lowest BCUT2D eigenvalue weighted by Crippen LogP contribution is -2.29. The van der Waals surface area contributed by atoms with Gasteiger partial charge >= 0.3 is 5.97 Å². The number of nitrogens with one attached hydrogen (secondary N) is 2. The van der Waals surface area contributed by atoms with E-state index in [-0.39, 0.29) is 18.1 Å². The van der Waals surface area contributed by atoms with Crippen molar-refractivity contribution in [2.75, 3.05) is 13.2 Å². The summed E-state index contributed by atoms with van der Waals surface area (Å²) in [5.74, 6) is -0.462. The molecule has 8 heteroatoms. The maximum atomic E-state index is 12.6. The third kappa shape index (κ3) is 4.54. The number of carbonyl (C=O) groups excluding carboxylic acids is 2. The Labute approximate surface area is 172 Å². The summed E-state index contributed by atoms with van der Waals surface area (Å²) in [5.41, 5.74) is 1.88. The van der Waals surface area contributed by atoms with E-state index >= 15 is 0 Å². The highest BCUT2D eigenvalue weighted by atomic mass is 32.1. The summed E-state index contributed by atoms with van der Waals surface area (Å²) < 4.78 is 5.01. The molecule has 0 atom stereocenters. The molecule has 0 aliphatic rings.